The van der Waals surface area contributed by atoms with Crippen LogP contribution in [0.5, 0.6) is 5.75 Å². The van der Waals surface area contributed by atoms with Crippen molar-refractivity contribution in [1.82, 2.24) is 0 Å². The third kappa shape index (κ3) is 4.38. The molecule has 126 valence electrons. The summed E-state index contributed by atoms with van der Waals surface area (Å²) in [6.07, 6.45) is 1.76. The number of rotatable bonds is 7. The van der Waals surface area contributed by atoms with Gasteiger partial charge in [-0.2, -0.15) is 0 Å². The quantitative estimate of drug-likeness (QED) is 0.561. The van der Waals surface area contributed by atoms with E-state index in [2.05, 4.69) is 76.4 Å². The summed E-state index contributed by atoms with van der Waals surface area (Å²) < 4.78 is 5.77. The Balaban J connectivity index is 2.52. The van der Waals surface area contributed by atoms with Gasteiger partial charge in [0.2, 0.25) is 0 Å². The Morgan fingerprint density at radius 1 is 1.04 bits per heavy atom. The van der Waals surface area contributed by atoms with Crippen molar-refractivity contribution in [2.75, 3.05) is 7.11 Å². The average molecular weight is 320 g/mol. The maximum absolute atomic E-state index is 5.77. The fraction of sp³-hybridized carbons (Fsp3) is 0.304. The van der Waals surface area contributed by atoms with Crippen LogP contribution in [0.1, 0.15) is 48.9 Å². The average Bonchev–Trinajstić information content (AvgIpc) is 2.54. The molecule has 0 amide bonds. The lowest BCUT2D eigenvalue weighted by Gasteiger charge is -2.21. The summed E-state index contributed by atoms with van der Waals surface area (Å²) in [4.78, 5) is 0. The minimum Gasteiger partial charge on any atom is -0.496 e. The van der Waals surface area contributed by atoms with Crippen LogP contribution in [0.4, 0.5) is 0 Å². The van der Waals surface area contributed by atoms with Crippen LogP contribution in [0.2, 0.25) is 0 Å². The van der Waals surface area contributed by atoms with Crippen LogP contribution in [0.15, 0.2) is 66.8 Å². The first-order chi connectivity index (χ1) is 11.4. The van der Waals surface area contributed by atoms with Gasteiger partial charge in [-0.15, -0.1) is 0 Å². The Bertz CT molecular complexity index is 725. The topological polar surface area (TPSA) is 9.23 Å². The lowest BCUT2D eigenvalue weighted by Crippen LogP contribution is -2.05. The molecule has 1 unspecified atom stereocenters. The van der Waals surface area contributed by atoms with E-state index in [1.807, 2.05) is 0 Å². The summed E-state index contributed by atoms with van der Waals surface area (Å²) >= 11 is 0. The van der Waals surface area contributed by atoms with Crippen molar-refractivity contribution < 1.29 is 4.74 Å². The summed E-state index contributed by atoms with van der Waals surface area (Å²) in [6.45, 7) is 14.5. The van der Waals surface area contributed by atoms with E-state index in [1.54, 1.807) is 7.11 Å². The molecule has 0 aliphatic rings. The zero-order valence-corrected chi connectivity index (χ0v) is 15.4. The maximum Gasteiger partial charge on any atom is 0.126 e. The Hall–Kier alpha value is -2.28. The van der Waals surface area contributed by atoms with E-state index < -0.39 is 0 Å². The van der Waals surface area contributed by atoms with Crippen molar-refractivity contribution in [2.45, 2.75) is 39.5 Å². The molecular formula is C23H28O. The first-order valence-electron chi connectivity index (χ1n) is 8.45. The summed E-state index contributed by atoms with van der Waals surface area (Å²) in [6, 6.07) is 15.1. The molecule has 0 aromatic heterocycles. The van der Waals surface area contributed by atoms with Gasteiger partial charge in [0.05, 0.1) is 7.11 Å². The van der Waals surface area contributed by atoms with Crippen LogP contribution < -0.4 is 4.74 Å². The minimum absolute atomic E-state index is 0.263. The predicted octanol–water partition coefficient (Wildman–Crippen LogP) is 6.08. The maximum atomic E-state index is 5.77. The van der Waals surface area contributed by atoms with Gasteiger partial charge in [-0.3, -0.25) is 0 Å². The predicted molar refractivity (Wildman–Crippen MR) is 104 cm³/mol. The molecule has 0 saturated heterocycles. The second-order valence-corrected chi connectivity index (χ2v) is 6.74. The Labute approximate surface area is 146 Å². The van der Waals surface area contributed by atoms with Crippen molar-refractivity contribution in [3.05, 3.63) is 89.0 Å². The van der Waals surface area contributed by atoms with Crippen molar-refractivity contribution >= 4 is 0 Å². The third-order valence-corrected chi connectivity index (χ3v) is 4.41. The number of hydrogen-bond acceptors (Lipinski definition) is 1. The van der Waals surface area contributed by atoms with Crippen molar-refractivity contribution in [3.8, 4) is 5.75 Å². The third-order valence-electron chi connectivity index (χ3n) is 4.41. The molecule has 0 saturated carbocycles. The summed E-state index contributed by atoms with van der Waals surface area (Å²) in [5.41, 5.74) is 7.33. The first kappa shape index (κ1) is 18.1. The zero-order chi connectivity index (χ0) is 17.7. The normalized spacial score (nSPS) is 11.8. The highest BCUT2D eigenvalue weighted by atomic mass is 16.5. The molecule has 0 aliphatic heterocycles. The summed E-state index contributed by atoms with van der Waals surface area (Å²) in [5, 5.41) is 0. The van der Waals surface area contributed by atoms with Crippen LogP contribution in [-0.4, -0.2) is 7.11 Å². The Kier molecular flexibility index (Phi) is 6.03. The summed E-state index contributed by atoms with van der Waals surface area (Å²) in [7, 11) is 1.75. The van der Waals surface area contributed by atoms with E-state index in [0.29, 0.717) is 0 Å². The Morgan fingerprint density at radius 3 is 2.25 bits per heavy atom. The van der Waals surface area contributed by atoms with E-state index in [4.69, 9.17) is 4.74 Å². The monoisotopic (exact) mass is 320 g/mol. The Morgan fingerprint density at radius 2 is 1.71 bits per heavy atom. The second-order valence-electron chi connectivity index (χ2n) is 6.74. The minimum atomic E-state index is 0.263. The van der Waals surface area contributed by atoms with Crippen LogP contribution in [0, 0.1) is 0 Å². The van der Waals surface area contributed by atoms with Gasteiger partial charge in [0.15, 0.2) is 0 Å². The zero-order valence-electron chi connectivity index (χ0n) is 15.4. The largest absolute Gasteiger partial charge is 0.496 e. The standard InChI is InChI=1S/C23H28O/c1-16(2)12-21-14-20(13-19-10-8-7-9-11-19)15-22(23(21)24-6)18(5)17(3)4/h7-11,14-15,18H,1,3,12-13H2,2,4-6H3. The molecule has 1 heteroatoms. The molecule has 0 fully saturated rings. The molecule has 0 bridgehead atoms. The molecule has 0 aliphatic carbocycles. The van der Waals surface area contributed by atoms with E-state index in [-0.39, 0.29) is 5.92 Å². The smallest absolute Gasteiger partial charge is 0.126 e. The van der Waals surface area contributed by atoms with Gasteiger partial charge in [-0.25, -0.2) is 0 Å². The molecule has 0 radical (unpaired) electrons. The molecule has 2 rings (SSSR count). The van der Waals surface area contributed by atoms with Gasteiger partial charge in [-0.1, -0.05) is 73.7 Å². The molecule has 2 aromatic rings. The van der Waals surface area contributed by atoms with Gasteiger partial charge in [0.25, 0.3) is 0 Å². The molecular weight excluding hydrogens is 292 g/mol. The van der Waals surface area contributed by atoms with Crippen molar-refractivity contribution in [2.24, 2.45) is 0 Å². The van der Waals surface area contributed by atoms with Gasteiger partial charge in [0.1, 0.15) is 5.75 Å². The highest BCUT2D eigenvalue weighted by molar-refractivity contribution is 5.50. The first-order valence-corrected chi connectivity index (χ1v) is 8.45. The lowest BCUT2D eigenvalue weighted by atomic mass is 9.88. The lowest BCUT2D eigenvalue weighted by molar-refractivity contribution is 0.403. The molecule has 0 spiro atoms. The number of hydrogen-bond donors (Lipinski definition) is 0. The van der Waals surface area contributed by atoms with Crippen LogP contribution in [0.25, 0.3) is 0 Å². The fourth-order valence-electron chi connectivity index (χ4n) is 3.01. The highest BCUT2D eigenvalue weighted by Gasteiger charge is 2.17. The van der Waals surface area contributed by atoms with Gasteiger partial charge in [0, 0.05) is 11.5 Å². The van der Waals surface area contributed by atoms with Gasteiger partial charge < -0.3 is 4.74 Å². The SMILES string of the molecule is C=C(C)Cc1cc(Cc2ccccc2)cc(C(C)C(=C)C)c1OC. The number of benzene rings is 2. The van der Waals surface area contributed by atoms with Gasteiger partial charge >= 0.3 is 0 Å². The molecule has 1 nitrogen and oxygen atoms in total. The van der Waals surface area contributed by atoms with Crippen LogP contribution in [-0.2, 0) is 12.8 Å². The molecule has 1 atom stereocenters. The highest BCUT2D eigenvalue weighted by Crippen LogP contribution is 2.36. The van der Waals surface area contributed by atoms with E-state index in [1.165, 1.54) is 22.3 Å². The number of ether oxygens (including phenoxy) is 1. The number of methoxy groups -OCH3 is 1. The van der Waals surface area contributed by atoms with Crippen LogP contribution in [0.3, 0.4) is 0 Å². The fourth-order valence-corrected chi connectivity index (χ4v) is 3.01. The summed E-state index contributed by atoms with van der Waals surface area (Å²) in [5.74, 6) is 1.24. The molecule has 0 N–H and O–H groups in total. The van der Waals surface area contributed by atoms with Crippen LogP contribution >= 0.6 is 0 Å². The molecule has 24 heavy (non-hydrogen) atoms. The van der Waals surface area contributed by atoms with Crippen molar-refractivity contribution in [3.63, 3.8) is 0 Å². The van der Waals surface area contributed by atoms with E-state index >= 15 is 0 Å². The number of allylic oxidation sites excluding steroid dienone is 2. The second kappa shape index (κ2) is 8.01. The molecule has 2 aromatic carbocycles. The molecule has 0 heterocycles. The van der Waals surface area contributed by atoms with E-state index in [0.717, 1.165) is 29.7 Å². The van der Waals surface area contributed by atoms with Crippen molar-refractivity contribution in [1.29, 1.82) is 0 Å². The van der Waals surface area contributed by atoms with Gasteiger partial charge in [-0.05, 0) is 43.4 Å². The van der Waals surface area contributed by atoms with E-state index in [9.17, 15) is 0 Å².